The number of ketones is 1. The largest absolute Gasteiger partial charge is 0.505 e. The smallest absolute Gasteiger partial charge is 0.295 e. The number of Topliss-reactive ketones (excluding diaryl/α,β-unsaturated/α-hetero) is 1. The summed E-state index contributed by atoms with van der Waals surface area (Å²) < 4.78 is 13.9. The van der Waals surface area contributed by atoms with Crippen LogP contribution in [-0.2, 0) is 22.7 Å². The Morgan fingerprint density at radius 3 is 2.45 bits per heavy atom. The lowest BCUT2D eigenvalue weighted by atomic mass is 9.95. The molecule has 44 heavy (non-hydrogen) atoms. The van der Waals surface area contributed by atoms with E-state index in [9.17, 15) is 14.7 Å². The van der Waals surface area contributed by atoms with Crippen molar-refractivity contribution in [1.29, 1.82) is 0 Å². The summed E-state index contributed by atoms with van der Waals surface area (Å²) in [6.45, 7) is 6.44. The molecule has 9 heteroatoms. The quantitative estimate of drug-likeness (QED) is 0.129. The number of hydrogen-bond acceptors (Lipinski definition) is 7. The summed E-state index contributed by atoms with van der Waals surface area (Å²) in [5.41, 5.74) is 4.76. The van der Waals surface area contributed by atoms with Crippen LogP contribution in [0.25, 0.3) is 11.4 Å². The van der Waals surface area contributed by atoms with Gasteiger partial charge in [0.1, 0.15) is 17.9 Å². The number of benzene rings is 2. The van der Waals surface area contributed by atoms with Gasteiger partial charge in [-0.1, -0.05) is 48.5 Å². The van der Waals surface area contributed by atoms with E-state index >= 15 is 0 Å². The molecule has 5 aromatic rings. The Kier molecular flexibility index (Phi) is 7.85. The number of amides is 1. The van der Waals surface area contributed by atoms with Crippen molar-refractivity contribution in [2.75, 3.05) is 6.61 Å². The zero-order chi connectivity index (χ0) is 30.8. The first kappa shape index (κ1) is 28.7. The van der Waals surface area contributed by atoms with Crippen molar-refractivity contribution >= 4 is 23.1 Å². The average molecular weight is 589 g/mol. The number of aryl methyl sites for hydroxylation is 2. The minimum Gasteiger partial charge on any atom is -0.505 e. The van der Waals surface area contributed by atoms with Gasteiger partial charge < -0.3 is 23.9 Å². The van der Waals surface area contributed by atoms with Gasteiger partial charge in [-0.2, -0.15) is 0 Å². The normalized spacial score (nSPS) is 16.1. The zero-order valence-electron chi connectivity index (χ0n) is 24.7. The molecule has 1 N–H and O–H groups in total. The lowest BCUT2D eigenvalue weighted by Crippen LogP contribution is -2.29. The number of carbonyl (C=O) groups is 2. The number of fused-ring (bicyclic) bond motifs is 1. The van der Waals surface area contributed by atoms with E-state index in [0.29, 0.717) is 41.6 Å². The van der Waals surface area contributed by atoms with Gasteiger partial charge in [0.05, 0.1) is 23.9 Å². The number of aliphatic hydroxyl groups is 1. The highest BCUT2D eigenvalue weighted by molar-refractivity contribution is 6.46. The predicted octanol–water partition coefficient (Wildman–Crippen LogP) is 5.95. The lowest BCUT2D eigenvalue weighted by Gasteiger charge is -2.26. The fourth-order valence-corrected chi connectivity index (χ4v) is 5.57. The van der Waals surface area contributed by atoms with Crippen LogP contribution in [0.15, 0.2) is 97.0 Å². The molecular weight excluding hydrogens is 556 g/mol. The van der Waals surface area contributed by atoms with Crippen molar-refractivity contribution in [3.8, 4) is 11.5 Å². The van der Waals surface area contributed by atoms with Crippen LogP contribution in [0.3, 0.4) is 0 Å². The van der Waals surface area contributed by atoms with E-state index < -0.39 is 17.7 Å². The highest BCUT2D eigenvalue weighted by Gasteiger charge is 2.47. The molecule has 0 radical (unpaired) electrons. The van der Waals surface area contributed by atoms with Gasteiger partial charge in [-0.3, -0.25) is 14.6 Å². The first-order chi connectivity index (χ1) is 21.4. The van der Waals surface area contributed by atoms with Gasteiger partial charge in [0.15, 0.2) is 17.3 Å². The third-order valence-corrected chi connectivity index (χ3v) is 7.74. The summed E-state index contributed by atoms with van der Waals surface area (Å²) in [7, 11) is 0. The molecule has 9 nitrogen and oxygen atoms in total. The van der Waals surface area contributed by atoms with Crippen molar-refractivity contribution < 1.29 is 24.2 Å². The van der Waals surface area contributed by atoms with Crippen molar-refractivity contribution in [2.24, 2.45) is 0 Å². The molecule has 0 spiro atoms. The average Bonchev–Trinajstić information content (AvgIpc) is 3.51. The molecule has 1 amide bonds. The number of pyridine rings is 2. The fourth-order valence-electron chi connectivity index (χ4n) is 5.57. The number of ether oxygens (including phenoxy) is 2. The maximum atomic E-state index is 13.7. The fraction of sp³-hybridized carbons (Fsp3) is 0.200. The van der Waals surface area contributed by atoms with Crippen LogP contribution in [0.2, 0.25) is 0 Å². The Morgan fingerprint density at radius 1 is 0.932 bits per heavy atom. The molecule has 1 atom stereocenters. The molecule has 0 saturated carbocycles. The number of nitrogens with zero attached hydrogens (tertiary/aromatic N) is 4. The Bertz CT molecular complexity index is 1880. The second kappa shape index (κ2) is 12.0. The van der Waals surface area contributed by atoms with Gasteiger partial charge in [0.25, 0.3) is 11.7 Å². The molecule has 1 saturated heterocycles. The van der Waals surface area contributed by atoms with Crippen molar-refractivity contribution in [2.45, 2.75) is 40.0 Å². The van der Waals surface area contributed by atoms with Crippen LogP contribution in [0.1, 0.15) is 46.6 Å². The second-order valence-corrected chi connectivity index (χ2v) is 10.6. The van der Waals surface area contributed by atoms with E-state index in [4.69, 9.17) is 9.47 Å². The zero-order valence-corrected chi connectivity index (χ0v) is 24.7. The molecular formula is C35H32N4O5. The van der Waals surface area contributed by atoms with Gasteiger partial charge in [0, 0.05) is 25.1 Å². The minimum atomic E-state index is -0.914. The van der Waals surface area contributed by atoms with E-state index in [1.165, 1.54) is 4.90 Å². The summed E-state index contributed by atoms with van der Waals surface area (Å²) in [6.07, 6.45) is 5.14. The van der Waals surface area contributed by atoms with Crippen LogP contribution in [0, 0.1) is 13.8 Å². The predicted molar refractivity (Wildman–Crippen MR) is 165 cm³/mol. The van der Waals surface area contributed by atoms with Crippen LogP contribution in [-0.4, -0.2) is 42.7 Å². The molecule has 3 aromatic heterocycles. The Morgan fingerprint density at radius 2 is 1.73 bits per heavy atom. The molecule has 6 rings (SSSR count). The van der Waals surface area contributed by atoms with Crippen LogP contribution in [0.4, 0.5) is 0 Å². The first-order valence-corrected chi connectivity index (χ1v) is 14.4. The van der Waals surface area contributed by atoms with E-state index in [2.05, 4.69) is 9.97 Å². The number of hydrogen-bond donors (Lipinski definition) is 1. The van der Waals surface area contributed by atoms with E-state index in [0.717, 1.165) is 16.7 Å². The van der Waals surface area contributed by atoms with Crippen molar-refractivity contribution in [1.82, 2.24) is 19.3 Å². The third-order valence-electron chi connectivity index (χ3n) is 7.74. The summed E-state index contributed by atoms with van der Waals surface area (Å²) in [4.78, 5) is 37.7. The number of aliphatic hydroxyl groups excluding tert-OH is 1. The highest BCUT2D eigenvalue weighted by atomic mass is 16.5. The molecule has 2 aromatic carbocycles. The van der Waals surface area contributed by atoms with Gasteiger partial charge in [-0.05, 0) is 67.3 Å². The number of imidazole rings is 1. The standard InChI is InChI=1S/C35H32N4O5/c1-4-43-28-18-26(14-15-27(28)44-21-24-11-6-5-7-12-24)31-29(33(41)35(42)39(31)20-25-13-8-16-36-19-25)32(40)30-23(3)38-17-9-10-22(2)34(38)37-30/h5-19,31,40H,4,20-21H2,1-3H3/b32-29+. The molecule has 222 valence electrons. The lowest BCUT2D eigenvalue weighted by molar-refractivity contribution is -0.140. The number of rotatable bonds is 9. The Labute approximate surface area is 255 Å². The summed E-state index contributed by atoms with van der Waals surface area (Å²) in [5, 5.41) is 11.8. The van der Waals surface area contributed by atoms with Crippen LogP contribution < -0.4 is 9.47 Å². The SMILES string of the molecule is CCOc1cc(C2/C(=C(\O)c3nc4c(C)cccn4c3C)C(=O)C(=O)N2Cc2cccnc2)ccc1OCc1ccccc1. The van der Waals surface area contributed by atoms with Crippen LogP contribution >= 0.6 is 0 Å². The van der Waals surface area contributed by atoms with Gasteiger partial charge >= 0.3 is 0 Å². The minimum absolute atomic E-state index is 0.0385. The molecule has 1 fully saturated rings. The maximum absolute atomic E-state index is 13.7. The van der Waals surface area contributed by atoms with Crippen LogP contribution in [0.5, 0.6) is 11.5 Å². The molecule has 0 bridgehead atoms. The van der Waals surface area contributed by atoms with Gasteiger partial charge in [0.2, 0.25) is 0 Å². The number of carbonyl (C=O) groups excluding carboxylic acids is 2. The van der Waals surface area contributed by atoms with E-state index in [1.54, 1.807) is 36.7 Å². The molecule has 1 unspecified atom stereocenters. The van der Waals surface area contributed by atoms with E-state index in [1.807, 2.05) is 79.9 Å². The number of likely N-dealkylation sites (tertiary alicyclic amines) is 1. The van der Waals surface area contributed by atoms with Gasteiger partial charge in [-0.25, -0.2) is 4.98 Å². The van der Waals surface area contributed by atoms with Crippen molar-refractivity contribution in [3.05, 3.63) is 131 Å². The Balaban J connectivity index is 1.47. The second-order valence-electron chi connectivity index (χ2n) is 10.6. The summed E-state index contributed by atoms with van der Waals surface area (Å²) in [5.74, 6) is -0.847. The first-order valence-electron chi connectivity index (χ1n) is 14.4. The molecule has 0 aliphatic carbocycles. The summed E-state index contributed by atoms with van der Waals surface area (Å²) in [6, 6.07) is 21.6. The molecule has 1 aliphatic rings. The maximum Gasteiger partial charge on any atom is 0.295 e. The van der Waals surface area contributed by atoms with Gasteiger partial charge in [-0.15, -0.1) is 0 Å². The number of aromatic nitrogens is 3. The van der Waals surface area contributed by atoms with E-state index in [-0.39, 0.29) is 23.6 Å². The Hall–Kier alpha value is -5.44. The molecule has 4 heterocycles. The highest BCUT2D eigenvalue weighted by Crippen LogP contribution is 2.43. The topological polar surface area (TPSA) is 106 Å². The monoisotopic (exact) mass is 588 g/mol. The van der Waals surface area contributed by atoms with Crippen molar-refractivity contribution in [3.63, 3.8) is 0 Å². The summed E-state index contributed by atoms with van der Waals surface area (Å²) >= 11 is 0. The molecule has 1 aliphatic heterocycles. The third kappa shape index (κ3) is 5.28.